The van der Waals surface area contributed by atoms with Gasteiger partial charge in [-0.05, 0) is 62.2 Å². The summed E-state index contributed by atoms with van der Waals surface area (Å²) in [6.07, 6.45) is 4.21. The highest BCUT2D eigenvalue weighted by atomic mass is 16.5. The van der Waals surface area contributed by atoms with Crippen molar-refractivity contribution in [2.24, 2.45) is 0 Å². The molecule has 1 heterocycles. The average Bonchev–Trinajstić information content (AvgIpc) is 2.61. The van der Waals surface area contributed by atoms with Crippen LogP contribution < -0.4 is 14.2 Å². The van der Waals surface area contributed by atoms with Crippen LogP contribution in [0, 0.1) is 6.92 Å². The molecule has 0 aliphatic carbocycles. The Kier molecular flexibility index (Phi) is 4.77. The molecular formula is C22H24O4. The monoisotopic (exact) mass is 352 g/mol. The molecule has 3 rings (SSSR count). The third kappa shape index (κ3) is 3.45. The highest BCUT2D eigenvalue weighted by molar-refractivity contribution is 6.01. The van der Waals surface area contributed by atoms with E-state index in [4.69, 9.17) is 14.2 Å². The Hall–Kier alpha value is -2.75. The van der Waals surface area contributed by atoms with E-state index in [-0.39, 0.29) is 17.8 Å². The zero-order valence-electron chi connectivity index (χ0n) is 15.9. The van der Waals surface area contributed by atoms with Gasteiger partial charge in [0, 0.05) is 6.42 Å². The number of aryl methyl sites for hydroxylation is 1. The summed E-state index contributed by atoms with van der Waals surface area (Å²) >= 11 is 0. The maximum Gasteiger partial charge on any atom is 0.170 e. The summed E-state index contributed by atoms with van der Waals surface area (Å²) in [4.78, 5) is 12.9. The van der Waals surface area contributed by atoms with E-state index in [0.717, 1.165) is 28.2 Å². The van der Waals surface area contributed by atoms with Gasteiger partial charge in [-0.2, -0.15) is 0 Å². The second-order valence-electron chi connectivity index (χ2n) is 7.00. The molecule has 0 bridgehead atoms. The topological polar surface area (TPSA) is 44.8 Å². The van der Waals surface area contributed by atoms with Crippen LogP contribution in [0.15, 0.2) is 36.4 Å². The maximum atomic E-state index is 12.9. The first-order valence-electron chi connectivity index (χ1n) is 8.60. The summed E-state index contributed by atoms with van der Waals surface area (Å²) in [7, 11) is 3.21. The van der Waals surface area contributed by atoms with Gasteiger partial charge >= 0.3 is 0 Å². The van der Waals surface area contributed by atoms with E-state index in [0.29, 0.717) is 11.3 Å². The van der Waals surface area contributed by atoms with Crippen molar-refractivity contribution in [3.63, 3.8) is 0 Å². The van der Waals surface area contributed by atoms with Crippen LogP contribution in [-0.4, -0.2) is 25.6 Å². The fourth-order valence-corrected chi connectivity index (χ4v) is 3.12. The minimum Gasteiger partial charge on any atom is -0.496 e. The number of ketones is 1. The van der Waals surface area contributed by atoms with Crippen LogP contribution in [0.3, 0.4) is 0 Å². The highest BCUT2D eigenvalue weighted by Gasteiger charge is 2.26. The van der Waals surface area contributed by atoms with Crippen LogP contribution >= 0.6 is 0 Å². The van der Waals surface area contributed by atoms with Gasteiger partial charge in [-0.3, -0.25) is 4.79 Å². The van der Waals surface area contributed by atoms with Crippen LogP contribution in [0.2, 0.25) is 0 Å². The number of carbonyl (C=O) groups is 1. The van der Waals surface area contributed by atoms with Gasteiger partial charge in [-0.15, -0.1) is 0 Å². The normalized spacial score (nSPS) is 14.3. The van der Waals surface area contributed by atoms with Gasteiger partial charge in [0.15, 0.2) is 5.78 Å². The summed E-state index contributed by atoms with van der Waals surface area (Å²) in [5.74, 6) is 2.06. The molecule has 2 aromatic carbocycles. The quantitative estimate of drug-likeness (QED) is 0.737. The van der Waals surface area contributed by atoms with Crippen molar-refractivity contribution in [2.75, 3.05) is 14.2 Å². The van der Waals surface area contributed by atoms with E-state index in [1.54, 1.807) is 20.3 Å². The molecule has 0 unspecified atom stereocenters. The zero-order valence-corrected chi connectivity index (χ0v) is 15.9. The molecule has 4 nitrogen and oxygen atoms in total. The molecule has 1 aliphatic heterocycles. The number of fused-ring (bicyclic) bond motifs is 1. The first-order valence-corrected chi connectivity index (χ1v) is 8.60. The highest BCUT2D eigenvalue weighted by Crippen LogP contribution is 2.39. The standard InChI is InChI=1S/C22H24O4/c1-14-6-7-15(13-20(14)24-4)12-18(23)16-8-9-19-17(21(16)25-5)10-11-22(2,3)26-19/h6-11,13H,12H2,1-5H3. The van der Waals surface area contributed by atoms with Crippen LogP contribution in [-0.2, 0) is 6.42 Å². The van der Waals surface area contributed by atoms with Crippen LogP contribution in [0.5, 0.6) is 17.2 Å². The summed E-state index contributed by atoms with van der Waals surface area (Å²) < 4.78 is 16.9. The molecule has 0 aromatic heterocycles. The molecule has 0 N–H and O–H groups in total. The third-order valence-corrected chi connectivity index (χ3v) is 4.52. The molecular weight excluding hydrogens is 328 g/mol. The molecule has 0 spiro atoms. The van der Waals surface area contributed by atoms with E-state index in [9.17, 15) is 4.79 Å². The van der Waals surface area contributed by atoms with Crippen molar-refractivity contribution >= 4 is 11.9 Å². The van der Waals surface area contributed by atoms with E-state index >= 15 is 0 Å². The van der Waals surface area contributed by atoms with Gasteiger partial charge in [-0.25, -0.2) is 0 Å². The van der Waals surface area contributed by atoms with Crippen molar-refractivity contribution in [1.29, 1.82) is 0 Å². The van der Waals surface area contributed by atoms with Crippen LogP contribution in [0.1, 0.15) is 40.9 Å². The Morgan fingerprint density at radius 3 is 2.58 bits per heavy atom. The number of ether oxygens (including phenoxy) is 3. The smallest absolute Gasteiger partial charge is 0.170 e. The molecule has 0 radical (unpaired) electrons. The molecule has 0 atom stereocenters. The van der Waals surface area contributed by atoms with Crippen molar-refractivity contribution in [3.8, 4) is 17.2 Å². The van der Waals surface area contributed by atoms with E-state index in [1.165, 1.54) is 0 Å². The SMILES string of the molecule is COc1cc(CC(=O)c2ccc3c(c2OC)C=CC(C)(C)O3)ccc1C. The molecule has 1 aliphatic rings. The summed E-state index contributed by atoms with van der Waals surface area (Å²) in [6, 6.07) is 9.44. The lowest BCUT2D eigenvalue weighted by Crippen LogP contribution is -2.27. The summed E-state index contributed by atoms with van der Waals surface area (Å²) in [5.41, 5.74) is 2.94. The second-order valence-corrected chi connectivity index (χ2v) is 7.00. The molecule has 2 aromatic rings. The molecule has 0 fully saturated rings. The van der Waals surface area contributed by atoms with Crippen molar-refractivity contribution in [1.82, 2.24) is 0 Å². The predicted molar refractivity (Wildman–Crippen MR) is 103 cm³/mol. The van der Waals surface area contributed by atoms with Gasteiger partial charge in [0.2, 0.25) is 0 Å². The van der Waals surface area contributed by atoms with Gasteiger partial charge in [0.05, 0.1) is 25.3 Å². The lowest BCUT2D eigenvalue weighted by Gasteiger charge is -2.29. The fraction of sp³-hybridized carbons (Fsp3) is 0.318. The first kappa shape index (κ1) is 18.1. The van der Waals surface area contributed by atoms with E-state index in [2.05, 4.69) is 0 Å². The number of methoxy groups -OCH3 is 2. The molecule has 4 heteroatoms. The number of carbonyl (C=O) groups excluding carboxylic acids is 1. The van der Waals surface area contributed by atoms with Gasteiger partial charge in [0.25, 0.3) is 0 Å². The van der Waals surface area contributed by atoms with Gasteiger partial charge in [0.1, 0.15) is 22.8 Å². The Morgan fingerprint density at radius 2 is 1.88 bits per heavy atom. The number of Topliss-reactive ketones (excluding diaryl/α,β-unsaturated/α-hetero) is 1. The van der Waals surface area contributed by atoms with Crippen LogP contribution in [0.25, 0.3) is 6.08 Å². The molecule has 0 saturated heterocycles. The Balaban J connectivity index is 1.93. The Morgan fingerprint density at radius 1 is 1.12 bits per heavy atom. The van der Waals surface area contributed by atoms with Gasteiger partial charge < -0.3 is 14.2 Å². The maximum absolute atomic E-state index is 12.9. The molecule has 136 valence electrons. The van der Waals surface area contributed by atoms with E-state index in [1.807, 2.05) is 57.2 Å². The molecule has 0 amide bonds. The number of hydrogen-bond donors (Lipinski definition) is 0. The zero-order chi connectivity index (χ0) is 18.9. The van der Waals surface area contributed by atoms with Crippen LogP contribution in [0.4, 0.5) is 0 Å². The lowest BCUT2D eigenvalue weighted by atomic mass is 9.95. The summed E-state index contributed by atoms with van der Waals surface area (Å²) in [5, 5.41) is 0. The number of rotatable bonds is 5. The number of hydrogen-bond acceptors (Lipinski definition) is 4. The summed E-state index contributed by atoms with van der Waals surface area (Å²) in [6.45, 7) is 5.95. The van der Waals surface area contributed by atoms with Crippen molar-refractivity contribution in [2.45, 2.75) is 32.8 Å². The fourth-order valence-electron chi connectivity index (χ4n) is 3.12. The predicted octanol–water partition coefficient (Wildman–Crippen LogP) is 4.62. The first-order chi connectivity index (χ1) is 12.3. The second kappa shape index (κ2) is 6.87. The van der Waals surface area contributed by atoms with Gasteiger partial charge in [-0.1, -0.05) is 12.1 Å². The van der Waals surface area contributed by atoms with E-state index < -0.39 is 0 Å². The van der Waals surface area contributed by atoms with Crippen molar-refractivity contribution < 1.29 is 19.0 Å². The molecule has 0 saturated carbocycles. The Labute approximate surface area is 154 Å². The average molecular weight is 352 g/mol. The van der Waals surface area contributed by atoms with Crippen molar-refractivity contribution in [3.05, 3.63) is 58.7 Å². The lowest BCUT2D eigenvalue weighted by molar-refractivity contribution is 0.0989. The minimum atomic E-state index is -0.373. The third-order valence-electron chi connectivity index (χ3n) is 4.52. The minimum absolute atomic E-state index is 0.00575. The molecule has 26 heavy (non-hydrogen) atoms. The Bertz CT molecular complexity index is 878. The largest absolute Gasteiger partial charge is 0.496 e. The number of benzene rings is 2.